The number of phenols is 1. The first kappa shape index (κ1) is 31.5. The van der Waals surface area contributed by atoms with Crippen LogP contribution in [-0.4, -0.2) is 58.9 Å². The van der Waals surface area contributed by atoms with E-state index in [0.717, 1.165) is 11.1 Å². The molecule has 0 saturated carbocycles. The van der Waals surface area contributed by atoms with Gasteiger partial charge in [-0.15, -0.1) is 0 Å². The van der Waals surface area contributed by atoms with E-state index in [4.69, 9.17) is 4.74 Å². The quantitative estimate of drug-likeness (QED) is 0.613. The van der Waals surface area contributed by atoms with Gasteiger partial charge in [0.05, 0.1) is 6.10 Å². The van der Waals surface area contributed by atoms with Crippen LogP contribution in [0.15, 0.2) is 48.5 Å². The number of carbonyl (C=O) groups is 3. The maximum Gasteiger partial charge on any atom is 0.251 e. The summed E-state index contributed by atoms with van der Waals surface area (Å²) in [6.07, 6.45) is 0.584. The number of Topliss-reactive ketones (excluding diaryl/α,β-unsaturated/α-hetero) is 1. The molecule has 2 aromatic carbocycles. The van der Waals surface area contributed by atoms with E-state index >= 15 is 0 Å². The molecule has 7 nitrogen and oxygen atoms in total. The van der Waals surface area contributed by atoms with E-state index in [1.165, 1.54) is 0 Å². The normalized spacial score (nSPS) is 19.3. The summed E-state index contributed by atoms with van der Waals surface area (Å²) in [5.74, 6) is -0.620. The molecular formula is C27H38N2O5S2. The lowest BCUT2D eigenvalue weighted by Gasteiger charge is -2.28. The van der Waals surface area contributed by atoms with Crippen LogP contribution >= 0.6 is 27.0 Å². The molecule has 2 aliphatic rings. The highest BCUT2D eigenvalue weighted by atomic mass is 32.1. The summed E-state index contributed by atoms with van der Waals surface area (Å²) < 4.78 is 5.51. The van der Waals surface area contributed by atoms with Crippen molar-refractivity contribution in [2.45, 2.75) is 64.6 Å². The summed E-state index contributed by atoms with van der Waals surface area (Å²) in [5.41, 5.74) is 2.33. The number of likely N-dealkylation sites (tertiary alicyclic amines) is 1. The SMILES string of the molecule is C.CC(C)(C)c1ccc(C(=O)N[C@@H](Cc2ccc(O)cc2)C(=O)N2CC[C@H]3OCC(=O)[C@H]32)cc1.S.S. The van der Waals surface area contributed by atoms with E-state index in [-0.39, 0.29) is 82.3 Å². The first-order valence-electron chi connectivity index (χ1n) is 11.3. The third kappa shape index (κ3) is 6.83. The molecule has 2 saturated heterocycles. The van der Waals surface area contributed by atoms with Crippen molar-refractivity contribution in [1.29, 1.82) is 0 Å². The van der Waals surface area contributed by atoms with Gasteiger partial charge < -0.3 is 20.1 Å². The number of nitrogens with zero attached hydrogens (tertiary/aromatic N) is 1. The number of ketones is 1. The largest absolute Gasteiger partial charge is 0.508 e. The monoisotopic (exact) mass is 534 g/mol. The first-order valence-corrected chi connectivity index (χ1v) is 11.3. The van der Waals surface area contributed by atoms with Crippen LogP contribution in [0.2, 0.25) is 0 Å². The molecule has 0 bridgehead atoms. The maximum atomic E-state index is 13.5. The lowest BCUT2D eigenvalue weighted by Crippen LogP contribution is -2.53. The van der Waals surface area contributed by atoms with E-state index < -0.39 is 12.1 Å². The molecule has 2 N–H and O–H groups in total. The van der Waals surface area contributed by atoms with E-state index in [1.54, 1.807) is 41.3 Å². The molecule has 4 rings (SSSR count). The van der Waals surface area contributed by atoms with Crippen LogP contribution in [-0.2, 0) is 26.2 Å². The van der Waals surface area contributed by atoms with Gasteiger partial charge in [-0.25, -0.2) is 0 Å². The number of fused-ring (bicyclic) bond motifs is 1. The predicted molar refractivity (Wildman–Crippen MR) is 151 cm³/mol. The summed E-state index contributed by atoms with van der Waals surface area (Å²) in [4.78, 5) is 40.4. The Hall–Kier alpha value is -2.49. The molecule has 2 aliphatic heterocycles. The fourth-order valence-corrected chi connectivity index (χ4v) is 4.47. The molecule has 0 unspecified atom stereocenters. The van der Waals surface area contributed by atoms with Gasteiger partial charge in [-0.3, -0.25) is 14.4 Å². The Bertz CT molecular complexity index is 1050. The van der Waals surface area contributed by atoms with Gasteiger partial charge in [0.1, 0.15) is 24.4 Å². The second-order valence-corrected chi connectivity index (χ2v) is 9.80. The minimum atomic E-state index is -0.850. The second kappa shape index (κ2) is 12.7. The highest BCUT2D eigenvalue weighted by molar-refractivity contribution is 7.59. The Morgan fingerprint density at radius 3 is 2.28 bits per heavy atom. The zero-order chi connectivity index (χ0) is 23.8. The number of ether oxygens (including phenoxy) is 1. The predicted octanol–water partition coefficient (Wildman–Crippen LogP) is 3.46. The van der Waals surface area contributed by atoms with Gasteiger partial charge in [0, 0.05) is 18.5 Å². The fourth-order valence-electron chi connectivity index (χ4n) is 4.47. The molecule has 3 atom stereocenters. The summed E-state index contributed by atoms with van der Waals surface area (Å²) in [5, 5.41) is 12.5. The van der Waals surface area contributed by atoms with Crippen molar-refractivity contribution in [2.75, 3.05) is 13.2 Å². The molecule has 36 heavy (non-hydrogen) atoms. The Kier molecular flexibility index (Phi) is 11.1. The van der Waals surface area contributed by atoms with Crippen molar-refractivity contribution >= 4 is 44.6 Å². The lowest BCUT2D eigenvalue weighted by molar-refractivity contribution is -0.138. The van der Waals surface area contributed by atoms with Gasteiger partial charge in [0.2, 0.25) is 5.91 Å². The van der Waals surface area contributed by atoms with E-state index in [0.29, 0.717) is 18.5 Å². The van der Waals surface area contributed by atoms with E-state index in [9.17, 15) is 19.5 Å². The molecule has 2 heterocycles. The van der Waals surface area contributed by atoms with Gasteiger partial charge >= 0.3 is 0 Å². The minimum Gasteiger partial charge on any atom is -0.508 e. The number of carbonyl (C=O) groups excluding carboxylic acids is 3. The zero-order valence-electron chi connectivity index (χ0n) is 20.2. The topological polar surface area (TPSA) is 95.9 Å². The van der Waals surface area contributed by atoms with Gasteiger partial charge in [-0.05, 0) is 47.2 Å². The summed E-state index contributed by atoms with van der Waals surface area (Å²) in [6, 6.07) is 12.5. The number of aromatic hydroxyl groups is 1. The van der Waals surface area contributed by atoms with Crippen LogP contribution in [0.4, 0.5) is 0 Å². The number of nitrogens with one attached hydrogen (secondary N) is 1. The number of benzene rings is 2. The number of rotatable bonds is 5. The molecule has 9 heteroatoms. The number of hydrogen-bond donors (Lipinski definition) is 2. The highest BCUT2D eigenvalue weighted by Gasteiger charge is 2.48. The minimum absolute atomic E-state index is 0. The molecule has 2 fully saturated rings. The van der Waals surface area contributed by atoms with Crippen molar-refractivity contribution in [1.82, 2.24) is 10.2 Å². The van der Waals surface area contributed by atoms with Crippen LogP contribution in [0.3, 0.4) is 0 Å². The van der Waals surface area contributed by atoms with Crippen LogP contribution in [0.25, 0.3) is 0 Å². The number of amides is 2. The molecule has 2 amide bonds. The molecule has 0 radical (unpaired) electrons. The smallest absolute Gasteiger partial charge is 0.251 e. The van der Waals surface area contributed by atoms with Crippen molar-refractivity contribution < 1.29 is 24.2 Å². The molecule has 198 valence electrons. The molecule has 0 aromatic heterocycles. The summed E-state index contributed by atoms with van der Waals surface area (Å²) in [7, 11) is 0. The Morgan fingerprint density at radius 2 is 1.69 bits per heavy atom. The lowest BCUT2D eigenvalue weighted by atomic mass is 9.86. The fraction of sp³-hybridized carbons (Fsp3) is 0.444. The van der Waals surface area contributed by atoms with Crippen LogP contribution in [0.5, 0.6) is 5.75 Å². The Labute approximate surface area is 227 Å². The molecular weight excluding hydrogens is 496 g/mol. The van der Waals surface area contributed by atoms with Crippen molar-refractivity contribution in [3.63, 3.8) is 0 Å². The van der Waals surface area contributed by atoms with E-state index in [1.807, 2.05) is 12.1 Å². The van der Waals surface area contributed by atoms with Crippen molar-refractivity contribution in [3.05, 3.63) is 65.2 Å². The highest BCUT2D eigenvalue weighted by Crippen LogP contribution is 2.28. The Balaban J connectivity index is 0.00000216. The van der Waals surface area contributed by atoms with Crippen molar-refractivity contribution in [3.8, 4) is 5.75 Å². The molecule has 2 aromatic rings. The number of phenolic OH excluding ortho intramolecular Hbond substituents is 1. The van der Waals surface area contributed by atoms with Gasteiger partial charge in [-0.2, -0.15) is 27.0 Å². The Morgan fingerprint density at radius 1 is 1.08 bits per heavy atom. The molecule has 0 spiro atoms. The standard InChI is InChI=1S/C26H30N2O5.CH4.2H2S/c1-26(2,3)18-8-6-17(7-9-18)24(31)27-20(14-16-4-10-19(29)11-5-16)25(32)28-13-12-22-23(28)21(30)15-33-22;;;/h4-11,20,22-23,29H,12-15H2,1-3H3,(H,27,31);1H4;2*1H2/t20-,22+,23+;;;/m0.../s1. The van der Waals surface area contributed by atoms with Crippen LogP contribution < -0.4 is 5.32 Å². The number of hydrogen-bond acceptors (Lipinski definition) is 5. The van der Waals surface area contributed by atoms with E-state index in [2.05, 4.69) is 26.1 Å². The van der Waals surface area contributed by atoms with Crippen molar-refractivity contribution in [2.24, 2.45) is 0 Å². The zero-order valence-corrected chi connectivity index (χ0v) is 22.2. The summed E-state index contributed by atoms with van der Waals surface area (Å²) in [6.45, 7) is 6.75. The summed E-state index contributed by atoms with van der Waals surface area (Å²) >= 11 is 0. The van der Waals surface area contributed by atoms with Gasteiger partial charge in [-0.1, -0.05) is 52.5 Å². The average molecular weight is 535 g/mol. The molecule has 0 aliphatic carbocycles. The average Bonchev–Trinajstić information content (AvgIpc) is 3.37. The van der Waals surface area contributed by atoms with Crippen LogP contribution in [0.1, 0.15) is 56.1 Å². The third-order valence-corrected chi connectivity index (χ3v) is 6.39. The van der Waals surface area contributed by atoms with Crippen LogP contribution in [0, 0.1) is 0 Å². The van der Waals surface area contributed by atoms with Gasteiger partial charge in [0.25, 0.3) is 5.91 Å². The first-order chi connectivity index (χ1) is 15.6. The maximum absolute atomic E-state index is 13.5. The third-order valence-electron chi connectivity index (χ3n) is 6.39. The van der Waals surface area contributed by atoms with Gasteiger partial charge in [0.15, 0.2) is 5.78 Å². The second-order valence-electron chi connectivity index (χ2n) is 9.80.